The standard InChI is InChI=1S/C18H23FN2O3/c1-21-15(22)11-24-17(16(21)12-7-9-13(19)10-8-12)18(23)20-14-5-3-2-4-6-14/h7-10,14,16-17H,2-6,11H2,1H3,(H,20,23). The summed E-state index contributed by atoms with van der Waals surface area (Å²) >= 11 is 0. The van der Waals surface area contributed by atoms with E-state index in [1.54, 1.807) is 19.2 Å². The average molecular weight is 334 g/mol. The van der Waals surface area contributed by atoms with Crippen LogP contribution in [-0.2, 0) is 14.3 Å². The Bertz CT molecular complexity index is 599. The first-order chi connectivity index (χ1) is 11.6. The van der Waals surface area contributed by atoms with Crippen LogP contribution in [0.25, 0.3) is 0 Å². The van der Waals surface area contributed by atoms with Crippen molar-refractivity contribution >= 4 is 11.8 Å². The number of ether oxygens (including phenoxy) is 1. The molecular weight excluding hydrogens is 311 g/mol. The summed E-state index contributed by atoms with van der Waals surface area (Å²) in [6, 6.07) is 5.48. The van der Waals surface area contributed by atoms with E-state index in [9.17, 15) is 14.0 Å². The Hall–Kier alpha value is -1.95. The third kappa shape index (κ3) is 3.59. The van der Waals surface area contributed by atoms with Crippen molar-refractivity contribution in [2.75, 3.05) is 13.7 Å². The molecule has 6 heteroatoms. The van der Waals surface area contributed by atoms with Crippen LogP contribution in [0.1, 0.15) is 43.7 Å². The largest absolute Gasteiger partial charge is 0.356 e. The van der Waals surface area contributed by atoms with Crippen LogP contribution < -0.4 is 5.32 Å². The van der Waals surface area contributed by atoms with Crippen LogP contribution in [-0.4, -0.2) is 42.5 Å². The first-order valence-electron chi connectivity index (χ1n) is 8.49. The topological polar surface area (TPSA) is 58.6 Å². The van der Waals surface area contributed by atoms with E-state index in [1.807, 2.05) is 0 Å². The molecule has 1 saturated heterocycles. The molecule has 1 saturated carbocycles. The summed E-state index contributed by atoms with van der Waals surface area (Å²) in [6.07, 6.45) is 4.64. The zero-order chi connectivity index (χ0) is 17.1. The number of likely N-dealkylation sites (N-methyl/N-ethyl adjacent to an activating group) is 1. The van der Waals surface area contributed by atoms with Gasteiger partial charge in [0.2, 0.25) is 5.91 Å². The van der Waals surface area contributed by atoms with E-state index in [2.05, 4.69) is 5.32 Å². The van der Waals surface area contributed by atoms with E-state index in [0.717, 1.165) is 25.7 Å². The lowest BCUT2D eigenvalue weighted by molar-refractivity contribution is -0.162. The second-order valence-electron chi connectivity index (χ2n) is 6.58. The van der Waals surface area contributed by atoms with Crippen molar-refractivity contribution in [2.24, 2.45) is 0 Å². The minimum atomic E-state index is -0.778. The van der Waals surface area contributed by atoms with Crippen molar-refractivity contribution in [1.82, 2.24) is 10.2 Å². The molecule has 0 spiro atoms. The number of halogens is 1. The van der Waals surface area contributed by atoms with Crippen LogP contribution >= 0.6 is 0 Å². The SMILES string of the molecule is CN1C(=O)COC(C(=O)NC2CCCCC2)C1c1ccc(F)cc1. The third-order valence-electron chi connectivity index (χ3n) is 4.91. The number of nitrogens with one attached hydrogen (secondary N) is 1. The maximum Gasteiger partial charge on any atom is 0.251 e. The highest BCUT2D eigenvalue weighted by Crippen LogP contribution is 2.30. The average Bonchev–Trinajstić information content (AvgIpc) is 2.59. The van der Waals surface area contributed by atoms with Gasteiger partial charge in [-0.2, -0.15) is 0 Å². The molecule has 1 heterocycles. The lowest BCUT2D eigenvalue weighted by atomic mass is 9.94. The van der Waals surface area contributed by atoms with Gasteiger partial charge in [0.25, 0.3) is 5.91 Å². The van der Waals surface area contributed by atoms with Crippen LogP contribution in [0.5, 0.6) is 0 Å². The fourth-order valence-corrected chi connectivity index (χ4v) is 3.52. The molecule has 24 heavy (non-hydrogen) atoms. The molecule has 2 unspecified atom stereocenters. The molecule has 5 nitrogen and oxygen atoms in total. The number of carbonyl (C=O) groups excluding carboxylic acids is 2. The molecule has 0 radical (unpaired) electrons. The Labute approximate surface area is 141 Å². The molecule has 1 N–H and O–H groups in total. The summed E-state index contributed by atoms with van der Waals surface area (Å²) < 4.78 is 18.8. The normalized spacial score (nSPS) is 25.6. The maximum absolute atomic E-state index is 13.2. The molecule has 0 bridgehead atoms. The lowest BCUT2D eigenvalue weighted by Crippen LogP contribution is -2.54. The number of rotatable bonds is 3. The van der Waals surface area contributed by atoms with Crippen molar-refractivity contribution < 1.29 is 18.7 Å². The Morgan fingerprint density at radius 3 is 2.54 bits per heavy atom. The lowest BCUT2D eigenvalue weighted by Gasteiger charge is -2.39. The van der Waals surface area contributed by atoms with Crippen LogP contribution in [0.3, 0.4) is 0 Å². The minimum absolute atomic E-state index is 0.114. The zero-order valence-corrected chi connectivity index (χ0v) is 13.8. The van der Waals surface area contributed by atoms with Gasteiger partial charge in [-0.05, 0) is 30.5 Å². The Morgan fingerprint density at radius 2 is 1.88 bits per heavy atom. The van der Waals surface area contributed by atoms with E-state index in [4.69, 9.17) is 4.74 Å². The quantitative estimate of drug-likeness (QED) is 0.922. The molecule has 2 fully saturated rings. The second-order valence-corrected chi connectivity index (χ2v) is 6.58. The summed E-state index contributed by atoms with van der Waals surface area (Å²) in [4.78, 5) is 26.2. The Balaban J connectivity index is 1.79. The number of nitrogens with zero attached hydrogens (tertiary/aromatic N) is 1. The minimum Gasteiger partial charge on any atom is -0.356 e. The van der Waals surface area contributed by atoms with E-state index < -0.39 is 12.1 Å². The molecule has 130 valence electrons. The number of benzene rings is 1. The Kier molecular flexibility index (Phi) is 5.14. The fraction of sp³-hybridized carbons (Fsp3) is 0.556. The van der Waals surface area contributed by atoms with Gasteiger partial charge in [-0.3, -0.25) is 9.59 Å². The zero-order valence-electron chi connectivity index (χ0n) is 13.8. The molecule has 2 amide bonds. The van der Waals surface area contributed by atoms with E-state index >= 15 is 0 Å². The molecule has 1 aromatic carbocycles. The van der Waals surface area contributed by atoms with Gasteiger partial charge in [0, 0.05) is 13.1 Å². The molecule has 1 aromatic rings. The highest BCUT2D eigenvalue weighted by Gasteiger charge is 2.40. The summed E-state index contributed by atoms with van der Waals surface area (Å²) in [6.45, 7) is -0.114. The van der Waals surface area contributed by atoms with Gasteiger partial charge in [0.05, 0.1) is 6.04 Å². The maximum atomic E-state index is 13.2. The second kappa shape index (κ2) is 7.30. The summed E-state index contributed by atoms with van der Waals surface area (Å²) in [5.74, 6) is -0.741. The third-order valence-corrected chi connectivity index (χ3v) is 4.91. The molecule has 0 aromatic heterocycles. The Morgan fingerprint density at radius 1 is 1.21 bits per heavy atom. The summed E-state index contributed by atoms with van der Waals surface area (Å²) in [5.41, 5.74) is 0.691. The molecule has 2 atom stereocenters. The van der Waals surface area contributed by atoms with E-state index in [-0.39, 0.29) is 30.3 Å². The summed E-state index contributed by atoms with van der Waals surface area (Å²) in [5, 5.41) is 3.06. The molecular formula is C18H23FN2O3. The van der Waals surface area contributed by atoms with Gasteiger partial charge in [-0.1, -0.05) is 31.4 Å². The highest BCUT2D eigenvalue weighted by atomic mass is 19.1. The van der Waals surface area contributed by atoms with Crippen molar-refractivity contribution in [3.8, 4) is 0 Å². The number of amides is 2. The highest BCUT2D eigenvalue weighted by molar-refractivity contribution is 5.86. The van der Waals surface area contributed by atoms with E-state index in [0.29, 0.717) is 5.56 Å². The van der Waals surface area contributed by atoms with Gasteiger partial charge in [-0.25, -0.2) is 4.39 Å². The number of hydrogen-bond acceptors (Lipinski definition) is 3. The fourth-order valence-electron chi connectivity index (χ4n) is 3.52. The molecule has 3 rings (SSSR count). The van der Waals surface area contributed by atoms with Gasteiger partial charge < -0.3 is 15.0 Å². The number of morpholine rings is 1. The van der Waals surface area contributed by atoms with Gasteiger partial charge in [0.1, 0.15) is 12.4 Å². The van der Waals surface area contributed by atoms with Crippen LogP contribution in [0.4, 0.5) is 4.39 Å². The van der Waals surface area contributed by atoms with Gasteiger partial charge in [0.15, 0.2) is 6.10 Å². The van der Waals surface area contributed by atoms with Crippen LogP contribution in [0, 0.1) is 5.82 Å². The van der Waals surface area contributed by atoms with Crippen molar-refractivity contribution in [1.29, 1.82) is 0 Å². The molecule has 2 aliphatic rings. The van der Waals surface area contributed by atoms with Gasteiger partial charge in [-0.15, -0.1) is 0 Å². The smallest absolute Gasteiger partial charge is 0.251 e. The predicted molar refractivity (Wildman–Crippen MR) is 86.7 cm³/mol. The number of hydrogen-bond donors (Lipinski definition) is 1. The monoisotopic (exact) mass is 334 g/mol. The first kappa shape index (κ1) is 16.9. The van der Waals surface area contributed by atoms with E-state index in [1.165, 1.54) is 23.5 Å². The van der Waals surface area contributed by atoms with Crippen molar-refractivity contribution in [3.63, 3.8) is 0 Å². The molecule has 1 aliphatic carbocycles. The van der Waals surface area contributed by atoms with Crippen molar-refractivity contribution in [2.45, 2.75) is 50.3 Å². The summed E-state index contributed by atoms with van der Waals surface area (Å²) in [7, 11) is 1.65. The first-order valence-corrected chi connectivity index (χ1v) is 8.49. The van der Waals surface area contributed by atoms with Gasteiger partial charge >= 0.3 is 0 Å². The number of carbonyl (C=O) groups is 2. The predicted octanol–water partition coefficient (Wildman–Crippen LogP) is 2.17. The van der Waals surface area contributed by atoms with Crippen LogP contribution in [0.2, 0.25) is 0 Å². The van der Waals surface area contributed by atoms with Crippen molar-refractivity contribution in [3.05, 3.63) is 35.6 Å². The molecule has 1 aliphatic heterocycles. The van der Waals surface area contributed by atoms with Crippen LogP contribution in [0.15, 0.2) is 24.3 Å².